The van der Waals surface area contributed by atoms with Gasteiger partial charge in [0.15, 0.2) is 0 Å². The van der Waals surface area contributed by atoms with E-state index in [1.807, 2.05) is 19.9 Å². The lowest BCUT2D eigenvalue weighted by molar-refractivity contribution is -0.117. The molecule has 1 N–H and O–H groups in total. The second kappa shape index (κ2) is 6.16. The molecular formula is C12H19N3O. The van der Waals surface area contributed by atoms with Gasteiger partial charge >= 0.3 is 0 Å². The Kier molecular flexibility index (Phi) is 4.84. The molecule has 0 unspecified atom stereocenters. The highest BCUT2D eigenvalue weighted by Gasteiger charge is 2.13. The zero-order chi connectivity index (χ0) is 12.0. The van der Waals surface area contributed by atoms with Gasteiger partial charge in [0.25, 0.3) is 5.91 Å². The van der Waals surface area contributed by atoms with Crippen LogP contribution in [0.3, 0.4) is 0 Å². The van der Waals surface area contributed by atoms with Crippen molar-refractivity contribution in [2.24, 2.45) is 0 Å². The topological polar surface area (TPSA) is 56.1 Å². The summed E-state index contributed by atoms with van der Waals surface area (Å²) in [4.78, 5) is 13.7. The van der Waals surface area contributed by atoms with Crippen LogP contribution in [-0.4, -0.2) is 29.9 Å². The molecule has 0 atom stereocenters. The van der Waals surface area contributed by atoms with Crippen molar-refractivity contribution in [2.75, 3.05) is 13.1 Å². The van der Waals surface area contributed by atoms with Crippen LogP contribution < -0.4 is 5.32 Å². The number of hydrogen-bond donors (Lipinski definition) is 1. The predicted octanol–water partition coefficient (Wildman–Crippen LogP) is 1.40. The normalized spacial score (nSPS) is 17.1. The van der Waals surface area contributed by atoms with E-state index in [-0.39, 0.29) is 17.5 Å². The van der Waals surface area contributed by atoms with Crippen LogP contribution in [0.25, 0.3) is 0 Å². The lowest BCUT2D eigenvalue weighted by Gasteiger charge is -2.25. The molecule has 0 spiro atoms. The van der Waals surface area contributed by atoms with Gasteiger partial charge in [-0.2, -0.15) is 5.26 Å². The molecule has 0 radical (unpaired) electrons. The Morgan fingerprint density at radius 2 is 2.00 bits per heavy atom. The molecular weight excluding hydrogens is 202 g/mol. The van der Waals surface area contributed by atoms with Gasteiger partial charge in [0, 0.05) is 25.3 Å². The number of likely N-dealkylation sites (tertiary alicyclic amines) is 1. The van der Waals surface area contributed by atoms with Crippen molar-refractivity contribution in [3.8, 4) is 6.07 Å². The summed E-state index contributed by atoms with van der Waals surface area (Å²) in [5.41, 5.74) is 0.204. The molecule has 0 bridgehead atoms. The SMILES string of the molecule is CC(C)NC(=O)/C(C#N)=C\N1CCCCC1. The van der Waals surface area contributed by atoms with Gasteiger partial charge in [-0.25, -0.2) is 0 Å². The highest BCUT2D eigenvalue weighted by molar-refractivity contribution is 5.97. The summed E-state index contributed by atoms with van der Waals surface area (Å²) in [7, 11) is 0. The summed E-state index contributed by atoms with van der Waals surface area (Å²) in [5, 5.41) is 11.7. The zero-order valence-corrected chi connectivity index (χ0v) is 9.99. The number of piperidine rings is 1. The Morgan fingerprint density at radius 1 is 1.38 bits per heavy atom. The fourth-order valence-corrected chi connectivity index (χ4v) is 1.71. The second-order valence-corrected chi connectivity index (χ2v) is 4.38. The molecule has 0 aromatic heterocycles. The predicted molar refractivity (Wildman–Crippen MR) is 62.4 cm³/mol. The molecule has 4 nitrogen and oxygen atoms in total. The average Bonchev–Trinajstić information content (AvgIpc) is 2.26. The maximum absolute atomic E-state index is 11.6. The minimum Gasteiger partial charge on any atom is -0.376 e. The Balaban J connectivity index is 2.61. The lowest BCUT2D eigenvalue weighted by Crippen LogP contribution is -2.33. The average molecular weight is 221 g/mol. The number of nitrogens with zero attached hydrogens (tertiary/aromatic N) is 2. The van der Waals surface area contributed by atoms with Gasteiger partial charge in [-0.1, -0.05) is 0 Å². The maximum Gasteiger partial charge on any atom is 0.263 e. The lowest BCUT2D eigenvalue weighted by atomic mass is 10.1. The van der Waals surface area contributed by atoms with Crippen molar-refractivity contribution < 1.29 is 4.79 Å². The Labute approximate surface area is 96.9 Å². The molecule has 0 saturated carbocycles. The summed E-state index contributed by atoms with van der Waals surface area (Å²) >= 11 is 0. The van der Waals surface area contributed by atoms with Gasteiger partial charge in [-0.05, 0) is 33.1 Å². The highest BCUT2D eigenvalue weighted by atomic mass is 16.1. The van der Waals surface area contributed by atoms with Gasteiger partial charge in [0.05, 0.1) is 0 Å². The quantitative estimate of drug-likeness (QED) is 0.579. The van der Waals surface area contributed by atoms with Crippen LogP contribution in [0.15, 0.2) is 11.8 Å². The zero-order valence-electron chi connectivity index (χ0n) is 9.99. The first-order valence-electron chi connectivity index (χ1n) is 5.80. The smallest absolute Gasteiger partial charge is 0.263 e. The summed E-state index contributed by atoms with van der Waals surface area (Å²) in [6.07, 6.45) is 5.21. The van der Waals surface area contributed by atoms with Crippen molar-refractivity contribution in [3.63, 3.8) is 0 Å². The monoisotopic (exact) mass is 221 g/mol. The van der Waals surface area contributed by atoms with Crippen LogP contribution in [0.4, 0.5) is 0 Å². The van der Waals surface area contributed by atoms with E-state index in [9.17, 15) is 4.79 Å². The Bertz CT molecular complexity index is 309. The van der Waals surface area contributed by atoms with E-state index in [1.54, 1.807) is 6.20 Å². The van der Waals surface area contributed by atoms with Crippen LogP contribution in [0.5, 0.6) is 0 Å². The minimum absolute atomic E-state index is 0.0607. The van der Waals surface area contributed by atoms with Crippen molar-refractivity contribution in [1.82, 2.24) is 10.2 Å². The van der Waals surface area contributed by atoms with E-state index >= 15 is 0 Å². The van der Waals surface area contributed by atoms with Gasteiger partial charge in [0.1, 0.15) is 11.6 Å². The molecule has 1 fully saturated rings. The number of carbonyl (C=O) groups is 1. The van der Waals surface area contributed by atoms with Gasteiger partial charge in [-0.15, -0.1) is 0 Å². The Hall–Kier alpha value is -1.50. The third-order valence-electron chi connectivity index (χ3n) is 2.49. The molecule has 1 aliphatic heterocycles. The number of carbonyl (C=O) groups excluding carboxylic acids is 1. The van der Waals surface area contributed by atoms with Crippen LogP contribution in [-0.2, 0) is 4.79 Å². The fraction of sp³-hybridized carbons (Fsp3) is 0.667. The fourth-order valence-electron chi connectivity index (χ4n) is 1.71. The van der Waals surface area contributed by atoms with Crippen LogP contribution >= 0.6 is 0 Å². The van der Waals surface area contributed by atoms with Crippen molar-refractivity contribution in [2.45, 2.75) is 39.2 Å². The second-order valence-electron chi connectivity index (χ2n) is 4.38. The van der Waals surface area contributed by atoms with Gasteiger partial charge in [0.2, 0.25) is 0 Å². The van der Waals surface area contributed by atoms with Crippen molar-refractivity contribution in [3.05, 3.63) is 11.8 Å². The number of nitriles is 1. The molecule has 0 aromatic carbocycles. The number of hydrogen-bond acceptors (Lipinski definition) is 3. The molecule has 1 aliphatic rings. The molecule has 4 heteroatoms. The van der Waals surface area contributed by atoms with E-state index < -0.39 is 0 Å². The minimum atomic E-state index is -0.275. The van der Waals surface area contributed by atoms with Crippen molar-refractivity contribution >= 4 is 5.91 Å². The van der Waals surface area contributed by atoms with Gasteiger partial charge in [-0.3, -0.25) is 4.79 Å². The van der Waals surface area contributed by atoms with Crippen molar-refractivity contribution in [1.29, 1.82) is 5.26 Å². The van der Waals surface area contributed by atoms with E-state index in [0.29, 0.717) is 0 Å². The van der Waals surface area contributed by atoms with Crippen LogP contribution in [0, 0.1) is 11.3 Å². The summed E-state index contributed by atoms with van der Waals surface area (Å²) in [5.74, 6) is -0.275. The standard InChI is InChI=1S/C12H19N3O/c1-10(2)14-12(16)11(8-13)9-15-6-4-3-5-7-15/h9-10H,3-7H2,1-2H3,(H,14,16)/b11-9-. The number of rotatable bonds is 3. The van der Waals surface area contributed by atoms with Gasteiger partial charge < -0.3 is 10.2 Å². The molecule has 0 aliphatic carbocycles. The largest absolute Gasteiger partial charge is 0.376 e. The molecule has 0 aromatic rings. The molecule has 88 valence electrons. The third-order valence-corrected chi connectivity index (χ3v) is 2.49. The molecule has 1 heterocycles. The molecule has 1 amide bonds. The highest BCUT2D eigenvalue weighted by Crippen LogP contribution is 2.10. The van der Waals surface area contributed by atoms with E-state index in [1.165, 1.54) is 6.42 Å². The van der Waals surface area contributed by atoms with Crippen LogP contribution in [0.1, 0.15) is 33.1 Å². The first-order chi connectivity index (χ1) is 7.63. The van der Waals surface area contributed by atoms with E-state index in [2.05, 4.69) is 10.2 Å². The molecule has 1 saturated heterocycles. The first-order valence-corrected chi connectivity index (χ1v) is 5.80. The molecule has 16 heavy (non-hydrogen) atoms. The molecule has 1 rings (SSSR count). The number of amides is 1. The summed E-state index contributed by atoms with van der Waals surface area (Å²) in [6.45, 7) is 5.65. The third kappa shape index (κ3) is 3.93. The summed E-state index contributed by atoms with van der Waals surface area (Å²) < 4.78 is 0. The summed E-state index contributed by atoms with van der Waals surface area (Å²) in [6, 6.07) is 2.02. The maximum atomic E-state index is 11.6. The van der Waals surface area contributed by atoms with Crippen LogP contribution in [0.2, 0.25) is 0 Å². The first kappa shape index (κ1) is 12.6. The van der Waals surface area contributed by atoms with E-state index in [4.69, 9.17) is 5.26 Å². The number of nitrogens with one attached hydrogen (secondary N) is 1. The Morgan fingerprint density at radius 3 is 2.50 bits per heavy atom. The van der Waals surface area contributed by atoms with E-state index in [0.717, 1.165) is 25.9 Å².